The van der Waals surface area contributed by atoms with Crippen molar-refractivity contribution in [2.45, 2.75) is 19.4 Å². The number of amides is 3. The van der Waals surface area contributed by atoms with Crippen LogP contribution in [0.2, 0.25) is 0 Å². The van der Waals surface area contributed by atoms with E-state index in [2.05, 4.69) is 10.3 Å². The van der Waals surface area contributed by atoms with E-state index < -0.39 is 29.9 Å². The minimum Gasteiger partial charge on any atom is -0.464 e. The summed E-state index contributed by atoms with van der Waals surface area (Å²) >= 11 is 0. The molecule has 0 bridgehead atoms. The summed E-state index contributed by atoms with van der Waals surface area (Å²) in [5, 5.41) is 2.35. The number of carbonyl (C=O) groups is 3. The molecule has 1 aromatic rings. The van der Waals surface area contributed by atoms with Crippen molar-refractivity contribution in [1.82, 2.24) is 15.2 Å². The molecule has 1 aromatic heterocycles. The van der Waals surface area contributed by atoms with Gasteiger partial charge in [-0.2, -0.15) is 0 Å². The van der Waals surface area contributed by atoms with Crippen molar-refractivity contribution in [2.24, 2.45) is 5.92 Å². The minimum absolute atomic E-state index is 0.181. The lowest BCUT2D eigenvalue weighted by Gasteiger charge is -2.43. The minimum atomic E-state index is -0.915. The zero-order valence-electron chi connectivity index (χ0n) is 12.4. The molecule has 8 nitrogen and oxygen atoms in total. The fraction of sp³-hybridized carbons (Fsp3) is 0.429. The SMILES string of the molecule is CCOC(=O)C1[C@@H](Cc2ccnc(N)c2)C(=O)N1C(=O)NC. The largest absolute Gasteiger partial charge is 0.464 e. The third-order valence-electron chi connectivity index (χ3n) is 3.48. The number of nitrogens with zero attached hydrogens (tertiary/aromatic N) is 2. The van der Waals surface area contributed by atoms with Crippen LogP contribution in [0, 0.1) is 5.92 Å². The van der Waals surface area contributed by atoms with Gasteiger partial charge in [-0.1, -0.05) is 0 Å². The molecule has 3 amide bonds. The van der Waals surface area contributed by atoms with Crippen molar-refractivity contribution < 1.29 is 19.1 Å². The molecule has 2 atom stereocenters. The number of likely N-dealkylation sites (tertiary alicyclic amines) is 1. The first-order chi connectivity index (χ1) is 10.5. The van der Waals surface area contributed by atoms with E-state index in [1.165, 1.54) is 13.2 Å². The van der Waals surface area contributed by atoms with Crippen LogP contribution < -0.4 is 11.1 Å². The van der Waals surface area contributed by atoms with E-state index in [-0.39, 0.29) is 6.61 Å². The predicted octanol–water partition coefficient (Wildman–Crippen LogP) is -0.0642. The van der Waals surface area contributed by atoms with Gasteiger partial charge in [-0.3, -0.25) is 4.79 Å². The zero-order valence-corrected chi connectivity index (χ0v) is 12.4. The highest BCUT2D eigenvalue weighted by atomic mass is 16.5. The number of β-lactam (4-membered cyclic amide) rings is 1. The number of imide groups is 1. The maximum Gasteiger partial charge on any atom is 0.330 e. The Bertz CT molecular complexity index is 604. The lowest BCUT2D eigenvalue weighted by atomic mass is 9.82. The molecule has 2 heterocycles. The zero-order chi connectivity index (χ0) is 16.3. The van der Waals surface area contributed by atoms with Crippen molar-refractivity contribution in [1.29, 1.82) is 0 Å². The molecule has 1 aliphatic heterocycles. The first-order valence-corrected chi connectivity index (χ1v) is 6.91. The van der Waals surface area contributed by atoms with Gasteiger partial charge >= 0.3 is 12.0 Å². The summed E-state index contributed by atoms with van der Waals surface area (Å²) in [7, 11) is 1.40. The number of urea groups is 1. The summed E-state index contributed by atoms with van der Waals surface area (Å²) in [6.45, 7) is 1.85. The molecule has 2 rings (SSSR count). The van der Waals surface area contributed by atoms with E-state index in [9.17, 15) is 14.4 Å². The number of anilines is 1. The van der Waals surface area contributed by atoms with Crippen LogP contribution in [0.15, 0.2) is 18.3 Å². The molecule has 0 radical (unpaired) electrons. The van der Waals surface area contributed by atoms with Crippen LogP contribution in [0.4, 0.5) is 10.6 Å². The van der Waals surface area contributed by atoms with Gasteiger partial charge in [0, 0.05) is 13.2 Å². The normalized spacial score (nSPS) is 20.3. The molecule has 8 heteroatoms. The number of esters is 1. The molecule has 0 aromatic carbocycles. The maximum atomic E-state index is 12.2. The third kappa shape index (κ3) is 2.85. The van der Waals surface area contributed by atoms with Gasteiger partial charge in [0.1, 0.15) is 5.82 Å². The van der Waals surface area contributed by atoms with Gasteiger partial charge in [-0.15, -0.1) is 0 Å². The molecule has 0 spiro atoms. The van der Waals surface area contributed by atoms with Crippen LogP contribution in [0.5, 0.6) is 0 Å². The van der Waals surface area contributed by atoms with Crippen molar-refractivity contribution in [3.8, 4) is 0 Å². The maximum absolute atomic E-state index is 12.2. The van der Waals surface area contributed by atoms with Gasteiger partial charge in [0.05, 0.1) is 12.5 Å². The summed E-state index contributed by atoms with van der Waals surface area (Å²) < 4.78 is 4.96. The molecule has 1 aliphatic rings. The van der Waals surface area contributed by atoms with E-state index in [1.54, 1.807) is 19.1 Å². The Morgan fingerprint density at radius 3 is 2.82 bits per heavy atom. The monoisotopic (exact) mass is 306 g/mol. The Labute approximate surface area is 127 Å². The van der Waals surface area contributed by atoms with Crippen molar-refractivity contribution in [3.63, 3.8) is 0 Å². The molecule has 0 saturated carbocycles. The standard InChI is InChI=1S/C14H18N4O4/c1-3-22-13(20)11-9(12(19)18(11)14(21)16-2)6-8-4-5-17-10(15)7-8/h4-5,7,9,11H,3,6H2,1-2H3,(H2,15,17)(H,16,21)/t9-,11?/m1/s1. The summed E-state index contributed by atoms with van der Waals surface area (Å²) in [4.78, 5) is 40.7. The van der Waals surface area contributed by atoms with E-state index >= 15 is 0 Å². The molecule has 0 aliphatic carbocycles. The van der Waals surface area contributed by atoms with Gasteiger partial charge in [-0.25, -0.2) is 19.5 Å². The Morgan fingerprint density at radius 2 is 2.23 bits per heavy atom. The molecule has 118 valence electrons. The summed E-state index contributed by atoms with van der Waals surface area (Å²) in [6, 6.07) is 1.82. The van der Waals surface area contributed by atoms with E-state index in [0.29, 0.717) is 12.2 Å². The molecule has 22 heavy (non-hydrogen) atoms. The van der Waals surface area contributed by atoms with Crippen LogP contribution >= 0.6 is 0 Å². The van der Waals surface area contributed by atoms with Crippen molar-refractivity contribution in [3.05, 3.63) is 23.9 Å². The molecule has 1 saturated heterocycles. The van der Waals surface area contributed by atoms with Crippen molar-refractivity contribution in [2.75, 3.05) is 19.4 Å². The average Bonchev–Trinajstić information content (AvgIpc) is 2.49. The molecule has 1 fully saturated rings. The number of nitrogens with two attached hydrogens (primary N) is 1. The highest BCUT2D eigenvalue weighted by molar-refractivity contribution is 6.07. The molecular weight excluding hydrogens is 288 g/mol. The number of pyridine rings is 1. The molecular formula is C14H18N4O4. The summed E-state index contributed by atoms with van der Waals surface area (Å²) in [6.07, 6.45) is 1.83. The second-order valence-electron chi connectivity index (χ2n) is 4.86. The van der Waals surface area contributed by atoms with Gasteiger partial charge in [0.2, 0.25) is 5.91 Å². The average molecular weight is 306 g/mol. The molecule has 1 unspecified atom stereocenters. The number of carbonyl (C=O) groups excluding carboxylic acids is 3. The lowest BCUT2D eigenvalue weighted by molar-refractivity contribution is -0.169. The highest BCUT2D eigenvalue weighted by Crippen LogP contribution is 2.31. The van der Waals surface area contributed by atoms with E-state index in [4.69, 9.17) is 10.5 Å². The van der Waals surface area contributed by atoms with Gasteiger partial charge in [-0.05, 0) is 31.0 Å². The second-order valence-corrected chi connectivity index (χ2v) is 4.86. The smallest absolute Gasteiger partial charge is 0.330 e. The number of aromatic nitrogens is 1. The number of ether oxygens (including phenoxy) is 1. The number of hydrogen-bond acceptors (Lipinski definition) is 6. The number of nitrogens with one attached hydrogen (secondary N) is 1. The Kier molecular flexibility index (Phi) is 4.59. The summed E-state index contributed by atoms with van der Waals surface area (Å²) in [5.41, 5.74) is 6.38. The van der Waals surface area contributed by atoms with Crippen LogP contribution in [0.1, 0.15) is 12.5 Å². The number of rotatable bonds is 4. The predicted molar refractivity (Wildman–Crippen MR) is 77.6 cm³/mol. The number of hydrogen-bond donors (Lipinski definition) is 2. The Balaban J connectivity index is 2.20. The Hall–Kier alpha value is -2.64. The summed E-state index contributed by atoms with van der Waals surface area (Å²) in [5.74, 6) is -1.30. The van der Waals surface area contributed by atoms with Crippen LogP contribution in [0.3, 0.4) is 0 Å². The van der Waals surface area contributed by atoms with E-state index in [1.807, 2.05) is 0 Å². The quantitative estimate of drug-likeness (QED) is 0.594. The fourth-order valence-corrected chi connectivity index (χ4v) is 2.47. The Morgan fingerprint density at radius 1 is 1.50 bits per heavy atom. The lowest BCUT2D eigenvalue weighted by Crippen LogP contribution is -2.68. The van der Waals surface area contributed by atoms with Gasteiger partial charge in [0.15, 0.2) is 6.04 Å². The van der Waals surface area contributed by atoms with E-state index in [0.717, 1.165) is 10.5 Å². The molecule has 3 N–H and O–H groups in total. The first kappa shape index (κ1) is 15.7. The first-order valence-electron chi connectivity index (χ1n) is 6.91. The highest BCUT2D eigenvalue weighted by Gasteiger charge is 2.55. The third-order valence-corrected chi connectivity index (χ3v) is 3.48. The second kappa shape index (κ2) is 6.42. The van der Waals surface area contributed by atoms with Crippen molar-refractivity contribution >= 4 is 23.7 Å². The van der Waals surface area contributed by atoms with Gasteiger partial charge in [0.25, 0.3) is 0 Å². The fourth-order valence-electron chi connectivity index (χ4n) is 2.47. The van der Waals surface area contributed by atoms with Gasteiger partial charge < -0.3 is 15.8 Å². The van der Waals surface area contributed by atoms with Crippen LogP contribution in [0.25, 0.3) is 0 Å². The number of nitrogen functional groups attached to an aromatic ring is 1. The topological polar surface area (TPSA) is 115 Å². The van der Waals surface area contributed by atoms with Crippen LogP contribution in [-0.2, 0) is 20.7 Å². The van der Waals surface area contributed by atoms with Crippen LogP contribution in [-0.4, -0.2) is 47.5 Å².